The second kappa shape index (κ2) is 5.48. The van der Waals surface area contributed by atoms with Crippen LogP contribution < -0.4 is 4.65 Å². The van der Waals surface area contributed by atoms with Gasteiger partial charge < -0.3 is 19.4 Å². The summed E-state index contributed by atoms with van der Waals surface area (Å²) in [6.07, 6.45) is 0. The zero-order valence-electron chi connectivity index (χ0n) is 8.51. The summed E-state index contributed by atoms with van der Waals surface area (Å²) in [6, 6.07) is 3.27. The van der Waals surface area contributed by atoms with Gasteiger partial charge in [-0.1, -0.05) is 0 Å². The lowest BCUT2D eigenvalue weighted by Crippen LogP contribution is -2.21. The van der Waals surface area contributed by atoms with Crippen LogP contribution in [0.1, 0.15) is 17.3 Å². The smallest absolute Gasteiger partial charge is 0.510 e. The van der Waals surface area contributed by atoms with E-state index in [4.69, 9.17) is 10.0 Å². The molecule has 86 valence electrons. The first-order valence-electron chi connectivity index (χ1n) is 4.54. The molecule has 0 aliphatic rings. The molecule has 7 heteroatoms. The molecule has 0 amide bonds. The Bertz CT molecular complexity index is 382. The summed E-state index contributed by atoms with van der Waals surface area (Å²) in [5.41, 5.74) is 0.0270. The predicted molar refractivity (Wildman–Crippen MR) is 53.2 cm³/mol. The van der Waals surface area contributed by atoms with Crippen LogP contribution >= 0.6 is 0 Å². The molecule has 0 bridgehead atoms. The number of hydrogen-bond acceptors (Lipinski definition) is 5. The van der Waals surface area contributed by atoms with Gasteiger partial charge in [0.05, 0.1) is 12.2 Å². The number of benzene rings is 1. The minimum atomic E-state index is -2.11. The number of halogens is 1. The molecular weight excluding hydrogens is 218 g/mol. The maximum Gasteiger partial charge on any atom is 0.707 e. The summed E-state index contributed by atoms with van der Waals surface area (Å²) in [5, 5.41) is 16.9. The van der Waals surface area contributed by atoms with Crippen molar-refractivity contribution in [2.75, 3.05) is 6.61 Å². The molecule has 0 spiro atoms. The Morgan fingerprint density at radius 1 is 1.50 bits per heavy atom. The van der Waals surface area contributed by atoms with Gasteiger partial charge >= 0.3 is 13.3 Å². The van der Waals surface area contributed by atoms with E-state index in [0.29, 0.717) is 0 Å². The minimum Gasteiger partial charge on any atom is -0.510 e. The highest BCUT2D eigenvalue weighted by atomic mass is 19.1. The zero-order valence-corrected chi connectivity index (χ0v) is 8.51. The lowest BCUT2D eigenvalue weighted by molar-refractivity contribution is 0.0526. The van der Waals surface area contributed by atoms with Gasteiger partial charge in [-0.3, -0.25) is 0 Å². The van der Waals surface area contributed by atoms with Crippen molar-refractivity contribution in [2.45, 2.75) is 6.92 Å². The number of hydrogen-bond donors (Lipinski definition) is 2. The van der Waals surface area contributed by atoms with Crippen molar-refractivity contribution in [2.24, 2.45) is 0 Å². The fourth-order valence-electron chi connectivity index (χ4n) is 1.05. The van der Waals surface area contributed by atoms with E-state index in [2.05, 4.69) is 9.39 Å². The minimum absolute atomic E-state index is 0.0270. The summed E-state index contributed by atoms with van der Waals surface area (Å²) < 4.78 is 22.2. The highest BCUT2D eigenvalue weighted by Crippen LogP contribution is 2.18. The standard InChI is InChI=1S/C9H10BFO5/c1-2-15-9(12)6-3-4-8(7(11)5-6)16-10(13)14/h3-5,13-14H,2H2,1H3. The summed E-state index contributed by atoms with van der Waals surface area (Å²) >= 11 is 0. The Morgan fingerprint density at radius 2 is 2.19 bits per heavy atom. The van der Waals surface area contributed by atoms with Crippen LogP contribution in [0.2, 0.25) is 0 Å². The Kier molecular flexibility index (Phi) is 4.27. The van der Waals surface area contributed by atoms with E-state index in [-0.39, 0.29) is 17.9 Å². The molecule has 0 aliphatic heterocycles. The van der Waals surface area contributed by atoms with Gasteiger partial charge in [0.1, 0.15) is 5.75 Å². The first-order valence-corrected chi connectivity index (χ1v) is 4.54. The molecular formula is C9H10BFO5. The SMILES string of the molecule is CCOC(=O)c1ccc(OB(O)O)c(F)c1. The molecule has 1 aromatic rings. The third-order valence-corrected chi connectivity index (χ3v) is 1.68. The topological polar surface area (TPSA) is 76.0 Å². The third-order valence-electron chi connectivity index (χ3n) is 1.68. The first kappa shape index (κ1) is 12.5. The van der Waals surface area contributed by atoms with E-state index >= 15 is 0 Å². The Balaban J connectivity index is 2.86. The first-order chi connectivity index (χ1) is 7.54. The van der Waals surface area contributed by atoms with E-state index in [1.807, 2.05) is 0 Å². The average Bonchev–Trinajstić information content (AvgIpc) is 2.20. The van der Waals surface area contributed by atoms with Crippen molar-refractivity contribution in [3.8, 4) is 5.75 Å². The fourth-order valence-corrected chi connectivity index (χ4v) is 1.05. The Hall–Kier alpha value is -1.60. The molecule has 5 nitrogen and oxygen atoms in total. The number of esters is 1. The van der Waals surface area contributed by atoms with Crippen LogP contribution in [0.3, 0.4) is 0 Å². The zero-order chi connectivity index (χ0) is 12.1. The highest BCUT2D eigenvalue weighted by Gasteiger charge is 2.16. The summed E-state index contributed by atoms with van der Waals surface area (Å²) in [5.74, 6) is -1.89. The van der Waals surface area contributed by atoms with Crippen LogP contribution in [0.5, 0.6) is 5.75 Å². The van der Waals surface area contributed by atoms with Crippen LogP contribution in [0, 0.1) is 5.82 Å². The number of rotatable bonds is 4. The van der Waals surface area contributed by atoms with Crippen molar-refractivity contribution in [3.63, 3.8) is 0 Å². The van der Waals surface area contributed by atoms with Gasteiger partial charge in [0.15, 0.2) is 5.82 Å². The van der Waals surface area contributed by atoms with Gasteiger partial charge in [0, 0.05) is 0 Å². The summed E-state index contributed by atoms with van der Waals surface area (Å²) in [7, 11) is -2.11. The van der Waals surface area contributed by atoms with Crippen molar-refractivity contribution in [1.82, 2.24) is 0 Å². The van der Waals surface area contributed by atoms with Gasteiger partial charge in [0.2, 0.25) is 0 Å². The van der Waals surface area contributed by atoms with Gasteiger partial charge in [0.25, 0.3) is 0 Å². The highest BCUT2D eigenvalue weighted by molar-refractivity contribution is 6.33. The van der Waals surface area contributed by atoms with Crippen molar-refractivity contribution >= 4 is 13.3 Å². The third kappa shape index (κ3) is 3.21. The molecule has 0 heterocycles. The van der Waals surface area contributed by atoms with E-state index < -0.39 is 19.1 Å². The maximum absolute atomic E-state index is 13.3. The second-order valence-electron chi connectivity index (χ2n) is 2.81. The predicted octanol–water partition coefficient (Wildman–Crippen LogP) is 0.351. The second-order valence-corrected chi connectivity index (χ2v) is 2.81. The molecule has 0 aliphatic carbocycles. The Morgan fingerprint density at radius 3 is 2.69 bits per heavy atom. The molecule has 0 unspecified atom stereocenters. The summed E-state index contributed by atoms with van der Waals surface area (Å²) in [4.78, 5) is 11.2. The van der Waals surface area contributed by atoms with Gasteiger partial charge in [-0.2, -0.15) is 0 Å². The van der Waals surface area contributed by atoms with Crippen LogP contribution in [0.15, 0.2) is 18.2 Å². The molecule has 0 saturated heterocycles. The number of carbonyl (C=O) groups is 1. The van der Waals surface area contributed by atoms with Crippen LogP contribution in [-0.4, -0.2) is 29.9 Å². The normalized spacial score (nSPS) is 9.75. The van der Waals surface area contributed by atoms with Crippen LogP contribution in [0.25, 0.3) is 0 Å². The molecule has 1 rings (SSSR count). The van der Waals surface area contributed by atoms with Gasteiger partial charge in [-0.05, 0) is 25.1 Å². The average molecular weight is 228 g/mol. The largest absolute Gasteiger partial charge is 0.707 e. The van der Waals surface area contributed by atoms with Crippen molar-refractivity contribution in [1.29, 1.82) is 0 Å². The molecule has 0 aromatic heterocycles. The number of ether oxygens (including phenoxy) is 1. The molecule has 2 N–H and O–H groups in total. The molecule has 1 aromatic carbocycles. The lowest BCUT2D eigenvalue weighted by atomic mass is 10.2. The van der Waals surface area contributed by atoms with Crippen LogP contribution in [0.4, 0.5) is 4.39 Å². The van der Waals surface area contributed by atoms with E-state index in [9.17, 15) is 9.18 Å². The van der Waals surface area contributed by atoms with Crippen LogP contribution in [-0.2, 0) is 4.74 Å². The van der Waals surface area contributed by atoms with Gasteiger partial charge in [-0.25, -0.2) is 9.18 Å². The monoisotopic (exact) mass is 228 g/mol. The summed E-state index contributed by atoms with van der Waals surface area (Å²) in [6.45, 7) is 1.82. The van der Waals surface area contributed by atoms with E-state index in [1.165, 1.54) is 6.07 Å². The molecule has 16 heavy (non-hydrogen) atoms. The lowest BCUT2D eigenvalue weighted by Gasteiger charge is -2.07. The van der Waals surface area contributed by atoms with Crippen molar-refractivity contribution < 1.29 is 28.6 Å². The van der Waals surface area contributed by atoms with Crippen molar-refractivity contribution in [3.05, 3.63) is 29.6 Å². The van der Waals surface area contributed by atoms with E-state index in [0.717, 1.165) is 12.1 Å². The quantitative estimate of drug-likeness (QED) is 0.574. The Labute approximate surface area is 91.6 Å². The molecule has 0 fully saturated rings. The van der Waals surface area contributed by atoms with Gasteiger partial charge in [-0.15, -0.1) is 0 Å². The number of carbonyl (C=O) groups excluding carboxylic acids is 1. The van der Waals surface area contributed by atoms with E-state index in [1.54, 1.807) is 6.92 Å². The molecule has 0 saturated carbocycles. The molecule has 0 radical (unpaired) electrons. The maximum atomic E-state index is 13.3. The fraction of sp³-hybridized carbons (Fsp3) is 0.222. The molecule has 0 atom stereocenters.